The van der Waals surface area contributed by atoms with E-state index in [4.69, 9.17) is 46.4 Å². The van der Waals surface area contributed by atoms with Gasteiger partial charge in [0.15, 0.2) is 8.68 Å². The summed E-state index contributed by atoms with van der Waals surface area (Å²) in [4.78, 5) is 3.86. The van der Waals surface area contributed by atoms with Crippen molar-refractivity contribution in [1.29, 1.82) is 0 Å². The Kier molecular flexibility index (Phi) is 4.73. The van der Waals surface area contributed by atoms with Crippen LogP contribution < -0.4 is 4.72 Å². The van der Waals surface area contributed by atoms with Gasteiger partial charge in [0.2, 0.25) is 0 Å². The molecule has 0 unspecified atom stereocenters. The third-order valence-corrected chi connectivity index (χ3v) is 6.25. The number of rotatable bonds is 3. The second-order valence-corrected chi connectivity index (χ2v) is 8.40. The minimum Gasteiger partial charge on any atom is -0.276 e. The molecule has 108 valence electrons. The van der Waals surface area contributed by atoms with Gasteiger partial charge in [-0.2, -0.15) is 0 Å². The standard InChI is InChI=1S/C10H6Cl4N2O2S2/c1-4-9(19-10(14)15-4)20(17,18)16-8-6(12)2-5(11)3-7(8)13/h2-3,16H,1H3. The van der Waals surface area contributed by atoms with Gasteiger partial charge in [0, 0.05) is 5.02 Å². The first kappa shape index (κ1) is 16.1. The fourth-order valence-electron chi connectivity index (χ4n) is 1.42. The highest BCUT2D eigenvalue weighted by Crippen LogP contribution is 2.36. The fourth-order valence-corrected chi connectivity index (χ4v) is 5.28. The molecular weight excluding hydrogens is 386 g/mol. The molecule has 0 aliphatic rings. The van der Waals surface area contributed by atoms with Crippen LogP contribution in [0.4, 0.5) is 5.69 Å². The maximum absolute atomic E-state index is 12.3. The van der Waals surface area contributed by atoms with Gasteiger partial charge in [-0.15, -0.1) is 0 Å². The number of nitrogens with one attached hydrogen (secondary N) is 1. The van der Waals surface area contributed by atoms with Gasteiger partial charge in [-0.05, 0) is 19.1 Å². The highest BCUT2D eigenvalue weighted by molar-refractivity contribution is 7.94. The van der Waals surface area contributed by atoms with Gasteiger partial charge in [-0.1, -0.05) is 57.7 Å². The van der Waals surface area contributed by atoms with Crippen LogP contribution in [0, 0.1) is 6.92 Å². The molecule has 4 nitrogen and oxygen atoms in total. The Morgan fingerprint density at radius 1 is 1.15 bits per heavy atom. The fraction of sp³-hybridized carbons (Fsp3) is 0.100. The van der Waals surface area contributed by atoms with E-state index in [1.807, 2.05) is 0 Å². The number of benzene rings is 1. The van der Waals surface area contributed by atoms with Gasteiger partial charge in [0.1, 0.15) is 0 Å². The third-order valence-electron chi connectivity index (χ3n) is 2.22. The topological polar surface area (TPSA) is 59.1 Å². The SMILES string of the molecule is Cc1nc(Cl)sc1S(=O)(=O)Nc1c(Cl)cc(Cl)cc1Cl. The van der Waals surface area contributed by atoms with E-state index in [9.17, 15) is 8.42 Å². The van der Waals surface area contributed by atoms with Gasteiger partial charge in [0.05, 0.1) is 21.4 Å². The van der Waals surface area contributed by atoms with Crippen molar-refractivity contribution in [3.05, 3.63) is 37.4 Å². The van der Waals surface area contributed by atoms with E-state index < -0.39 is 10.0 Å². The van der Waals surface area contributed by atoms with E-state index in [0.29, 0.717) is 10.7 Å². The van der Waals surface area contributed by atoms with Crippen LogP contribution in [0.2, 0.25) is 19.5 Å². The summed E-state index contributed by atoms with van der Waals surface area (Å²) in [6, 6.07) is 2.78. The first-order valence-corrected chi connectivity index (χ1v) is 8.82. The summed E-state index contributed by atoms with van der Waals surface area (Å²) in [6.07, 6.45) is 0. The van der Waals surface area contributed by atoms with E-state index in [1.54, 1.807) is 6.92 Å². The Hall–Kier alpha value is -0.240. The highest BCUT2D eigenvalue weighted by atomic mass is 35.5. The van der Waals surface area contributed by atoms with Crippen LogP contribution >= 0.6 is 57.7 Å². The second-order valence-electron chi connectivity index (χ2n) is 3.69. The van der Waals surface area contributed by atoms with Crippen molar-refractivity contribution in [3.63, 3.8) is 0 Å². The molecule has 10 heteroatoms. The maximum atomic E-state index is 12.3. The lowest BCUT2D eigenvalue weighted by Gasteiger charge is -2.10. The second kappa shape index (κ2) is 5.87. The summed E-state index contributed by atoms with van der Waals surface area (Å²) in [5, 5.41) is 0.499. The first-order chi connectivity index (χ1) is 9.20. The zero-order chi connectivity index (χ0) is 15.1. The molecule has 20 heavy (non-hydrogen) atoms. The van der Waals surface area contributed by atoms with Crippen molar-refractivity contribution in [2.75, 3.05) is 4.72 Å². The van der Waals surface area contributed by atoms with Gasteiger partial charge in [-0.3, -0.25) is 4.72 Å². The molecule has 0 saturated carbocycles. The lowest BCUT2D eigenvalue weighted by molar-refractivity contribution is 0.602. The predicted molar refractivity (Wildman–Crippen MR) is 84.1 cm³/mol. The highest BCUT2D eigenvalue weighted by Gasteiger charge is 2.23. The number of aromatic nitrogens is 1. The van der Waals surface area contributed by atoms with Crippen LogP contribution in [0.15, 0.2) is 16.3 Å². The van der Waals surface area contributed by atoms with Crippen LogP contribution in [0.1, 0.15) is 5.69 Å². The number of nitrogens with zero attached hydrogens (tertiary/aromatic N) is 1. The number of hydrogen-bond donors (Lipinski definition) is 1. The lowest BCUT2D eigenvalue weighted by atomic mass is 10.3. The molecule has 2 rings (SSSR count). The van der Waals surface area contributed by atoms with Crippen molar-refractivity contribution in [1.82, 2.24) is 4.98 Å². The number of anilines is 1. The number of aryl methyl sites for hydroxylation is 1. The number of hydrogen-bond acceptors (Lipinski definition) is 4. The molecule has 0 atom stereocenters. The maximum Gasteiger partial charge on any atom is 0.273 e. The van der Waals surface area contributed by atoms with Crippen molar-refractivity contribution < 1.29 is 8.42 Å². The third kappa shape index (κ3) is 3.32. The summed E-state index contributed by atoms with van der Waals surface area (Å²) in [7, 11) is -3.87. The quantitative estimate of drug-likeness (QED) is 0.811. The Bertz CT molecular complexity index is 751. The molecule has 0 aliphatic carbocycles. The van der Waals surface area contributed by atoms with Crippen LogP contribution in [-0.4, -0.2) is 13.4 Å². The van der Waals surface area contributed by atoms with Gasteiger partial charge in [-0.25, -0.2) is 13.4 Å². The molecule has 1 heterocycles. The molecule has 0 amide bonds. The molecule has 1 aromatic carbocycles. The van der Waals surface area contributed by atoms with E-state index in [2.05, 4.69) is 9.71 Å². The van der Waals surface area contributed by atoms with Crippen molar-refractivity contribution in [2.24, 2.45) is 0 Å². The lowest BCUT2D eigenvalue weighted by Crippen LogP contribution is -2.13. The van der Waals surface area contributed by atoms with Crippen molar-refractivity contribution >= 4 is 73.5 Å². The molecular formula is C10H6Cl4N2O2S2. The molecule has 1 aromatic heterocycles. The van der Waals surface area contributed by atoms with E-state index in [1.165, 1.54) is 12.1 Å². The Morgan fingerprint density at radius 3 is 2.15 bits per heavy atom. The molecule has 0 aliphatic heterocycles. The van der Waals surface area contributed by atoms with Crippen LogP contribution in [0.3, 0.4) is 0 Å². The van der Waals surface area contributed by atoms with Crippen LogP contribution in [0.5, 0.6) is 0 Å². The molecule has 0 bridgehead atoms. The average molecular weight is 392 g/mol. The average Bonchev–Trinajstić information content (AvgIpc) is 2.64. The Balaban J connectivity index is 2.46. The van der Waals surface area contributed by atoms with Gasteiger partial charge in [0.25, 0.3) is 10.0 Å². The summed E-state index contributed by atoms with van der Waals surface area (Å²) >= 11 is 24.2. The molecule has 1 N–H and O–H groups in total. The Morgan fingerprint density at radius 2 is 1.70 bits per heavy atom. The molecule has 0 saturated heterocycles. The number of thiazole rings is 1. The summed E-state index contributed by atoms with van der Waals surface area (Å²) in [5.41, 5.74) is 0.357. The molecule has 2 aromatic rings. The normalized spacial score (nSPS) is 11.7. The number of sulfonamides is 1. The number of halogens is 4. The minimum atomic E-state index is -3.87. The van der Waals surface area contributed by atoms with Crippen molar-refractivity contribution in [3.8, 4) is 0 Å². The summed E-state index contributed by atoms with van der Waals surface area (Å²) in [5.74, 6) is 0. The van der Waals surface area contributed by atoms with E-state index in [-0.39, 0.29) is 24.4 Å². The monoisotopic (exact) mass is 390 g/mol. The van der Waals surface area contributed by atoms with E-state index >= 15 is 0 Å². The molecule has 0 spiro atoms. The van der Waals surface area contributed by atoms with E-state index in [0.717, 1.165) is 11.3 Å². The Labute approximate surface area is 139 Å². The first-order valence-electron chi connectivity index (χ1n) is 5.01. The zero-order valence-corrected chi connectivity index (χ0v) is 14.4. The summed E-state index contributed by atoms with van der Waals surface area (Å²) in [6.45, 7) is 1.54. The predicted octanol–water partition coefficient (Wildman–Crippen LogP) is 4.87. The van der Waals surface area contributed by atoms with Crippen molar-refractivity contribution in [2.45, 2.75) is 11.1 Å². The largest absolute Gasteiger partial charge is 0.276 e. The smallest absolute Gasteiger partial charge is 0.273 e. The summed E-state index contributed by atoms with van der Waals surface area (Å²) < 4.78 is 27.0. The van der Waals surface area contributed by atoms with Crippen LogP contribution in [0.25, 0.3) is 0 Å². The minimum absolute atomic E-state index is 0.00424. The van der Waals surface area contributed by atoms with Gasteiger partial charge >= 0.3 is 0 Å². The van der Waals surface area contributed by atoms with Gasteiger partial charge < -0.3 is 0 Å². The molecule has 0 radical (unpaired) electrons. The molecule has 0 fully saturated rings. The van der Waals surface area contributed by atoms with Crippen LogP contribution in [-0.2, 0) is 10.0 Å². The zero-order valence-electron chi connectivity index (χ0n) is 9.75.